The van der Waals surface area contributed by atoms with Crippen molar-refractivity contribution in [2.45, 2.75) is 35.5 Å². The van der Waals surface area contributed by atoms with E-state index in [0.29, 0.717) is 6.42 Å². The van der Waals surface area contributed by atoms with Gasteiger partial charge in [-0.15, -0.1) is 23.2 Å². The highest BCUT2D eigenvalue weighted by atomic mass is 35.5. The van der Waals surface area contributed by atoms with Crippen molar-refractivity contribution in [3.05, 3.63) is 29.8 Å². The predicted octanol–water partition coefficient (Wildman–Crippen LogP) is 2.70. The van der Waals surface area contributed by atoms with E-state index in [1.165, 1.54) is 26.2 Å². The molecule has 2 atom stereocenters. The van der Waals surface area contributed by atoms with E-state index in [4.69, 9.17) is 23.2 Å². The minimum absolute atomic E-state index is 0.208. The second-order valence-electron chi connectivity index (χ2n) is 6.26. The smallest absolute Gasteiger partial charge is 0.242 e. The van der Waals surface area contributed by atoms with Crippen LogP contribution >= 0.6 is 23.2 Å². The third-order valence-corrected chi connectivity index (χ3v) is 7.20. The van der Waals surface area contributed by atoms with Gasteiger partial charge < -0.3 is 5.32 Å². The highest BCUT2D eigenvalue weighted by Gasteiger charge is 2.67. The van der Waals surface area contributed by atoms with Crippen molar-refractivity contribution in [1.29, 1.82) is 0 Å². The number of sulfonamides is 1. The Balaban J connectivity index is 2.10. The number of carbonyl (C=O) groups excluding carboxylic acids is 1. The summed E-state index contributed by atoms with van der Waals surface area (Å²) >= 11 is 12.0. The van der Waals surface area contributed by atoms with Crippen LogP contribution in [0, 0.1) is 5.41 Å². The van der Waals surface area contributed by atoms with Gasteiger partial charge in [-0.05, 0) is 38.0 Å². The van der Waals surface area contributed by atoms with Crippen LogP contribution in [0.4, 0.5) is 0 Å². The number of carbonyl (C=O) groups is 1. The summed E-state index contributed by atoms with van der Waals surface area (Å²) in [4.78, 5) is 12.5. The summed E-state index contributed by atoms with van der Waals surface area (Å²) in [6, 6.07) is 6.15. The highest BCUT2D eigenvalue weighted by molar-refractivity contribution is 7.89. The molecule has 0 radical (unpaired) electrons. The molecule has 0 spiro atoms. The molecule has 1 saturated carbocycles. The van der Waals surface area contributed by atoms with E-state index in [1.54, 1.807) is 19.1 Å². The molecule has 0 bridgehead atoms. The number of rotatable bonds is 5. The Bertz CT molecular complexity index is 717. The Morgan fingerprint density at radius 2 is 1.74 bits per heavy atom. The molecule has 0 aromatic heterocycles. The van der Waals surface area contributed by atoms with Crippen LogP contribution in [0.25, 0.3) is 0 Å². The lowest BCUT2D eigenvalue weighted by atomic mass is 10.1. The Morgan fingerprint density at radius 1 is 1.26 bits per heavy atom. The van der Waals surface area contributed by atoms with Gasteiger partial charge in [-0.2, -0.15) is 0 Å². The zero-order valence-corrected chi connectivity index (χ0v) is 15.8. The third-order valence-electron chi connectivity index (χ3n) is 4.27. The van der Waals surface area contributed by atoms with E-state index in [0.717, 1.165) is 9.87 Å². The van der Waals surface area contributed by atoms with Gasteiger partial charge in [0, 0.05) is 14.1 Å². The fraction of sp³-hybridized carbons (Fsp3) is 0.533. The highest BCUT2D eigenvalue weighted by Crippen LogP contribution is 2.63. The lowest BCUT2D eigenvalue weighted by Crippen LogP contribution is -2.35. The summed E-state index contributed by atoms with van der Waals surface area (Å²) in [6.45, 7) is 3.55. The summed E-state index contributed by atoms with van der Waals surface area (Å²) in [5.74, 6) is -0.208. The van der Waals surface area contributed by atoms with Crippen LogP contribution in [-0.2, 0) is 14.8 Å². The number of halogens is 2. The van der Waals surface area contributed by atoms with Gasteiger partial charge >= 0.3 is 0 Å². The Labute approximate surface area is 147 Å². The summed E-state index contributed by atoms with van der Waals surface area (Å²) in [5, 5.41) is 2.87. The van der Waals surface area contributed by atoms with E-state index in [-0.39, 0.29) is 16.8 Å². The largest absolute Gasteiger partial charge is 0.349 e. The molecule has 1 aliphatic rings. The van der Waals surface area contributed by atoms with Crippen LogP contribution in [0.1, 0.15) is 31.9 Å². The Hall–Kier alpha value is -0.820. The van der Waals surface area contributed by atoms with Gasteiger partial charge in [0.2, 0.25) is 15.9 Å². The van der Waals surface area contributed by atoms with Gasteiger partial charge in [-0.25, -0.2) is 12.7 Å². The van der Waals surface area contributed by atoms with E-state index >= 15 is 0 Å². The van der Waals surface area contributed by atoms with Gasteiger partial charge in [0.05, 0.1) is 16.4 Å². The molecule has 1 aromatic carbocycles. The predicted molar refractivity (Wildman–Crippen MR) is 91.0 cm³/mol. The summed E-state index contributed by atoms with van der Waals surface area (Å²) in [5.41, 5.74) is 0.0218. The third kappa shape index (κ3) is 3.36. The van der Waals surface area contributed by atoms with Crippen LogP contribution < -0.4 is 5.32 Å². The molecular weight excluding hydrogens is 359 g/mol. The van der Waals surface area contributed by atoms with E-state index in [9.17, 15) is 13.2 Å². The van der Waals surface area contributed by atoms with E-state index < -0.39 is 19.8 Å². The number of hydrogen-bond donors (Lipinski definition) is 1. The fourth-order valence-corrected chi connectivity index (χ4v) is 3.83. The SMILES string of the molecule is CC(NC(=O)C1(C)CC1(Cl)Cl)c1ccc(S(=O)(=O)N(C)C)cc1. The molecule has 2 rings (SSSR count). The summed E-state index contributed by atoms with van der Waals surface area (Å²) in [6.07, 6.45) is 0.418. The standard InChI is InChI=1S/C15H20Cl2N2O3S/c1-10(18-13(20)14(2)9-15(14,16)17)11-5-7-12(8-6-11)23(21,22)19(3)4/h5-8,10H,9H2,1-4H3,(H,18,20). The van der Waals surface area contributed by atoms with Gasteiger partial charge in [0.1, 0.15) is 4.33 Å². The van der Waals surface area contributed by atoms with Crippen molar-refractivity contribution >= 4 is 39.1 Å². The van der Waals surface area contributed by atoms with Crippen LogP contribution in [-0.4, -0.2) is 37.1 Å². The summed E-state index contributed by atoms with van der Waals surface area (Å²) in [7, 11) is -0.502. The average Bonchev–Trinajstić information content (AvgIpc) is 2.99. The minimum atomic E-state index is -3.46. The summed E-state index contributed by atoms with van der Waals surface area (Å²) < 4.78 is 24.2. The molecule has 1 aliphatic carbocycles. The van der Waals surface area contributed by atoms with Gasteiger partial charge in [0.15, 0.2) is 0 Å². The van der Waals surface area contributed by atoms with Crippen molar-refractivity contribution in [2.24, 2.45) is 5.41 Å². The van der Waals surface area contributed by atoms with Crippen molar-refractivity contribution in [3.63, 3.8) is 0 Å². The fourth-order valence-electron chi connectivity index (χ4n) is 2.22. The number of nitrogens with one attached hydrogen (secondary N) is 1. The van der Waals surface area contributed by atoms with Crippen LogP contribution in [0.5, 0.6) is 0 Å². The monoisotopic (exact) mass is 378 g/mol. The molecule has 0 aliphatic heterocycles. The number of amides is 1. The molecule has 5 nitrogen and oxygen atoms in total. The maximum atomic E-state index is 12.3. The van der Waals surface area contributed by atoms with Gasteiger partial charge in [0.25, 0.3) is 0 Å². The quantitative estimate of drug-likeness (QED) is 0.800. The molecule has 0 heterocycles. The number of alkyl halides is 2. The zero-order chi connectivity index (χ0) is 17.6. The second-order valence-corrected chi connectivity index (χ2v) is 9.90. The zero-order valence-electron chi connectivity index (χ0n) is 13.4. The normalized spacial score (nSPS) is 24.3. The van der Waals surface area contributed by atoms with Crippen LogP contribution in [0.15, 0.2) is 29.2 Å². The van der Waals surface area contributed by atoms with Gasteiger partial charge in [-0.3, -0.25) is 4.79 Å². The number of nitrogens with zero attached hydrogens (tertiary/aromatic N) is 1. The molecular formula is C15H20Cl2N2O3S. The first kappa shape index (κ1) is 18.5. The molecule has 1 N–H and O–H groups in total. The minimum Gasteiger partial charge on any atom is -0.349 e. The Kier molecular flexibility index (Phi) is 4.76. The molecule has 1 amide bonds. The Morgan fingerprint density at radius 3 is 2.13 bits per heavy atom. The first-order valence-corrected chi connectivity index (χ1v) is 9.33. The molecule has 23 heavy (non-hydrogen) atoms. The van der Waals surface area contributed by atoms with E-state index in [2.05, 4.69) is 5.32 Å². The topological polar surface area (TPSA) is 66.5 Å². The van der Waals surface area contributed by atoms with Crippen molar-refractivity contribution in [1.82, 2.24) is 9.62 Å². The maximum Gasteiger partial charge on any atom is 0.242 e. The van der Waals surface area contributed by atoms with Crippen molar-refractivity contribution < 1.29 is 13.2 Å². The molecule has 1 aromatic rings. The molecule has 8 heteroatoms. The maximum absolute atomic E-state index is 12.3. The number of hydrogen-bond acceptors (Lipinski definition) is 3. The van der Waals surface area contributed by atoms with Crippen LogP contribution in [0.2, 0.25) is 0 Å². The van der Waals surface area contributed by atoms with Crippen molar-refractivity contribution in [3.8, 4) is 0 Å². The molecule has 1 fully saturated rings. The van der Waals surface area contributed by atoms with Crippen LogP contribution in [0.3, 0.4) is 0 Å². The lowest BCUT2D eigenvalue weighted by Gasteiger charge is -2.19. The molecule has 128 valence electrons. The molecule has 0 saturated heterocycles. The van der Waals surface area contributed by atoms with E-state index in [1.807, 2.05) is 6.92 Å². The molecule has 2 unspecified atom stereocenters. The number of benzene rings is 1. The van der Waals surface area contributed by atoms with Crippen molar-refractivity contribution in [2.75, 3.05) is 14.1 Å². The average molecular weight is 379 g/mol. The lowest BCUT2D eigenvalue weighted by molar-refractivity contribution is -0.126. The van der Waals surface area contributed by atoms with Gasteiger partial charge in [-0.1, -0.05) is 12.1 Å². The second kappa shape index (κ2) is 5.92. The first-order valence-electron chi connectivity index (χ1n) is 7.13. The first-order chi connectivity index (χ1) is 10.4.